The topological polar surface area (TPSA) is 52.6 Å². The molecule has 1 aromatic carbocycles. The summed E-state index contributed by atoms with van der Waals surface area (Å²) in [6.07, 6.45) is 2.36. The first-order valence-corrected chi connectivity index (χ1v) is 6.82. The van der Waals surface area contributed by atoms with Gasteiger partial charge in [-0.15, -0.1) is 0 Å². The second-order valence-corrected chi connectivity index (χ2v) is 5.78. The van der Waals surface area contributed by atoms with E-state index in [2.05, 4.69) is 20.8 Å². The lowest BCUT2D eigenvalue weighted by Gasteiger charge is -2.21. The van der Waals surface area contributed by atoms with Gasteiger partial charge in [0, 0.05) is 13.8 Å². The minimum absolute atomic E-state index is 0.0146. The van der Waals surface area contributed by atoms with Crippen LogP contribution < -0.4 is 0 Å². The predicted molar refractivity (Wildman–Crippen MR) is 81.5 cm³/mol. The lowest BCUT2D eigenvalue weighted by atomic mass is 9.84. The Bertz CT molecular complexity index is 522. The fourth-order valence-corrected chi connectivity index (χ4v) is 1.94. The average molecular weight is 290 g/mol. The van der Waals surface area contributed by atoms with E-state index in [1.165, 1.54) is 13.8 Å². The van der Waals surface area contributed by atoms with Gasteiger partial charge in [-0.3, -0.25) is 9.59 Å². The molecule has 0 bridgehead atoms. The van der Waals surface area contributed by atoms with E-state index in [-0.39, 0.29) is 5.41 Å². The highest BCUT2D eigenvalue weighted by Crippen LogP contribution is 2.26. The summed E-state index contributed by atoms with van der Waals surface area (Å²) in [6, 6.07) is 7.93. The van der Waals surface area contributed by atoms with Crippen LogP contribution in [0.3, 0.4) is 0 Å². The van der Waals surface area contributed by atoms with E-state index in [1.54, 1.807) is 12.2 Å². The highest BCUT2D eigenvalue weighted by molar-refractivity contribution is 5.69. The third kappa shape index (κ3) is 5.81. The Hall–Kier alpha value is -2.10. The fraction of sp³-hybridized carbons (Fsp3) is 0.412. The molecule has 21 heavy (non-hydrogen) atoms. The Morgan fingerprint density at radius 3 is 2.05 bits per heavy atom. The molecular weight excluding hydrogens is 268 g/mol. The van der Waals surface area contributed by atoms with Crippen molar-refractivity contribution < 1.29 is 19.1 Å². The van der Waals surface area contributed by atoms with Crippen LogP contribution in [0, 0.1) is 0 Å². The molecule has 0 spiro atoms. The smallest absolute Gasteiger partial charge is 0.305 e. The summed E-state index contributed by atoms with van der Waals surface area (Å²) in [5, 5.41) is 0. The van der Waals surface area contributed by atoms with Gasteiger partial charge < -0.3 is 9.47 Å². The van der Waals surface area contributed by atoms with Gasteiger partial charge in [-0.25, -0.2) is 0 Å². The zero-order chi connectivity index (χ0) is 16.0. The molecule has 0 saturated carbocycles. The monoisotopic (exact) mass is 290 g/mol. The van der Waals surface area contributed by atoms with Gasteiger partial charge in [-0.1, -0.05) is 51.1 Å². The number of rotatable bonds is 4. The minimum Gasteiger partial charge on any atom is -0.421 e. The van der Waals surface area contributed by atoms with Crippen LogP contribution in [0.25, 0.3) is 6.08 Å². The third-order valence-corrected chi connectivity index (χ3v) is 2.77. The van der Waals surface area contributed by atoms with Crippen molar-refractivity contribution in [3.63, 3.8) is 0 Å². The molecule has 114 valence electrons. The SMILES string of the molecule is CC(=O)OC(C=Cc1ccccc1C(C)(C)C)OC(C)=O. The van der Waals surface area contributed by atoms with Crippen LogP contribution in [0.1, 0.15) is 45.7 Å². The van der Waals surface area contributed by atoms with Gasteiger partial charge in [0.2, 0.25) is 0 Å². The molecule has 0 radical (unpaired) electrons. The number of carbonyl (C=O) groups is 2. The lowest BCUT2D eigenvalue weighted by molar-refractivity contribution is -0.176. The zero-order valence-corrected chi connectivity index (χ0v) is 13.2. The number of hydrogen-bond acceptors (Lipinski definition) is 4. The van der Waals surface area contributed by atoms with E-state index in [0.29, 0.717) is 0 Å². The summed E-state index contributed by atoms with van der Waals surface area (Å²) in [5.41, 5.74) is 2.14. The Morgan fingerprint density at radius 1 is 1.05 bits per heavy atom. The number of esters is 2. The zero-order valence-electron chi connectivity index (χ0n) is 13.2. The minimum atomic E-state index is -1.01. The maximum atomic E-state index is 11.0. The van der Waals surface area contributed by atoms with E-state index in [1.807, 2.05) is 24.3 Å². The molecule has 0 aromatic heterocycles. The second kappa shape index (κ2) is 7.07. The summed E-state index contributed by atoms with van der Waals surface area (Å²) < 4.78 is 9.88. The van der Waals surface area contributed by atoms with Gasteiger partial charge >= 0.3 is 11.9 Å². The van der Waals surface area contributed by atoms with Crippen molar-refractivity contribution in [2.45, 2.75) is 46.3 Å². The van der Waals surface area contributed by atoms with Crippen molar-refractivity contribution in [1.29, 1.82) is 0 Å². The first kappa shape index (κ1) is 17.0. The molecular formula is C17H22O4. The molecule has 0 atom stereocenters. The molecule has 0 aliphatic carbocycles. The van der Waals surface area contributed by atoms with Crippen molar-refractivity contribution in [3.8, 4) is 0 Å². The van der Waals surface area contributed by atoms with E-state index in [0.717, 1.165) is 11.1 Å². The average Bonchev–Trinajstić information content (AvgIpc) is 2.34. The van der Waals surface area contributed by atoms with Crippen LogP contribution >= 0.6 is 0 Å². The van der Waals surface area contributed by atoms with Gasteiger partial charge in [0.25, 0.3) is 6.29 Å². The van der Waals surface area contributed by atoms with Gasteiger partial charge in [0.15, 0.2) is 0 Å². The number of benzene rings is 1. The molecule has 4 nitrogen and oxygen atoms in total. The third-order valence-electron chi connectivity index (χ3n) is 2.77. The summed E-state index contributed by atoms with van der Waals surface area (Å²) in [6.45, 7) is 8.90. The van der Waals surface area contributed by atoms with Gasteiger partial charge in [-0.2, -0.15) is 0 Å². The van der Waals surface area contributed by atoms with Crippen LogP contribution in [0.5, 0.6) is 0 Å². The first-order chi connectivity index (χ1) is 9.70. The van der Waals surface area contributed by atoms with E-state index >= 15 is 0 Å². The van der Waals surface area contributed by atoms with Gasteiger partial charge in [-0.05, 0) is 22.6 Å². The Labute approximate surface area is 125 Å². The quantitative estimate of drug-likeness (QED) is 0.629. The van der Waals surface area contributed by atoms with Crippen molar-refractivity contribution in [2.75, 3.05) is 0 Å². The van der Waals surface area contributed by atoms with Crippen LogP contribution in [-0.2, 0) is 24.5 Å². The second-order valence-electron chi connectivity index (χ2n) is 5.78. The summed E-state index contributed by atoms with van der Waals surface area (Å²) >= 11 is 0. The van der Waals surface area contributed by atoms with E-state index in [9.17, 15) is 9.59 Å². The number of ether oxygens (including phenoxy) is 2. The molecule has 1 rings (SSSR count). The van der Waals surface area contributed by atoms with Crippen molar-refractivity contribution in [2.24, 2.45) is 0 Å². The van der Waals surface area contributed by atoms with Gasteiger partial charge in [0.05, 0.1) is 0 Å². The number of carbonyl (C=O) groups excluding carboxylic acids is 2. The van der Waals surface area contributed by atoms with Crippen molar-refractivity contribution in [1.82, 2.24) is 0 Å². The van der Waals surface area contributed by atoms with Crippen LogP contribution in [-0.4, -0.2) is 18.2 Å². The van der Waals surface area contributed by atoms with Crippen LogP contribution in [0.2, 0.25) is 0 Å². The largest absolute Gasteiger partial charge is 0.421 e. The summed E-state index contributed by atoms with van der Waals surface area (Å²) in [5.74, 6) is -1.01. The van der Waals surface area contributed by atoms with Crippen molar-refractivity contribution in [3.05, 3.63) is 41.5 Å². The molecule has 0 unspecified atom stereocenters. The summed E-state index contributed by atoms with van der Waals surface area (Å²) in [4.78, 5) is 22.1. The molecule has 0 N–H and O–H groups in total. The molecule has 4 heteroatoms. The molecule has 0 fully saturated rings. The lowest BCUT2D eigenvalue weighted by Crippen LogP contribution is -2.20. The normalized spacial score (nSPS) is 11.7. The molecule has 1 aromatic rings. The Kier molecular flexibility index (Phi) is 5.70. The first-order valence-electron chi connectivity index (χ1n) is 6.82. The fourth-order valence-electron chi connectivity index (χ4n) is 1.94. The molecule has 0 aliphatic heterocycles. The standard InChI is InChI=1S/C17H22O4/c1-12(18)20-16(21-13(2)19)11-10-14-8-6-7-9-15(14)17(3,4)5/h6-11,16H,1-5H3. The van der Waals surface area contributed by atoms with Crippen molar-refractivity contribution >= 4 is 18.0 Å². The summed E-state index contributed by atoms with van der Waals surface area (Å²) in [7, 11) is 0. The highest BCUT2D eigenvalue weighted by atomic mass is 16.7. The Morgan fingerprint density at radius 2 is 1.57 bits per heavy atom. The van der Waals surface area contributed by atoms with Crippen LogP contribution in [0.4, 0.5) is 0 Å². The van der Waals surface area contributed by atoms with Crippen LogP contribution in [0.15, 0.2) is 30.3 Å². The highest BCUT2D eigenvalue weighted by Gasteiger charge is 2.17. The molecule has 0 saturated heterocycles. The Balaban J connectivity index is 3.01. The number of hydrogen-bond donors (Lipinski definition) is 0. The van der Waals surface area contributed by atoms with E-state index in [4.69, 9.17) is 9.47 Å². The van der Waals surface area contributed by atoms with Gasteiger partial charge in [0.1, 0.15) is 0 Å². The maximum absolute atomic E-state index is 11.0. The molecule has 0 heterocycles. The molecule has 0 aliphatic rings. The van der Waals surface area contributed by atoms with E-state index < -0.39 is 18.2 Å². The maximum Gasteiger partial charge on any atom is 0.305 e. The predicted octanol–water partition coefficient (Wildman–Crippen LogP) is 3.45. The molecule has 0 amide bonds.